The quantitative estimate of drug-likeness (QED) is 0.375. The van der Waals surface area contributed by atoms with E-state index in [1.54, 1.807) is 24.3 Å². The number of carbonyl (C=O) groups excluding carboxylic acids is 1. The molecule has 0 atom stereocenters. The van der Waals surface area contributed by atoms with Gasteiger partial charge in [-0.1, -0.05) is 36.4 Å². The van der Waals surface area contributed by atoms with Gasteiger partial charge >= 0.3 is 0 Å². The van der Waals surface area contributed by atoms with Gasteiger partial charge in [0.05, 0.1) is 5.52 Å². The summed E-state index contributed by atoms with van der Waals surface area (Å²) in [4.78, 5) is 12.6. The van der Waals surface area contributed by atoms with E-state index in [0.717, 1.165) is 17.7 Å². The molecule has 0 spiro atoms. The number of fused-ring (bicyclic) bond motifs is 3. The van der Waals surface area contributed by atoms with Crippen molar-refractivity contribution in [2.75, 3.05) is 5.32 Å². The third-order valence-electron chi connectivity index (χ3n) is 4.81. The number of aryl methyl sites for hydroxylation is 1. The number of carbonyl (C=O) groups is 1. The molecule has 5 heteroatoms. The van der Waals surface area contributed by atoms with Crippen molar-refractivity contribution >= 4 is 39.2 Å². The number of nitrogens with two attached hydrogens (primary N) is 1. The maximum absolute atomic E-state index is 12.6. The first-order chi connectivity index (χ1) is 13.1. The number of rotatable bonds is 4. The van der Waals surface area contributed by atoms with Crippen LogP contribution in [0.1, 0.15) is 22.8 Å². The Labute approximate surface area is 156 Å². The van der Waals surface area contributed by atoms with E-state index < -0.39 is 0 Å². The summed E-state index contributed by atoms with van der Waals surface area (Å²) in [5.41, 5.74) is 9.62. The Balaban J connectivity index is 1.69. The Bertz CT molecular complexity index is 1170. The predicted molar refractivity (Wildman–Crippen MR) is 111 cm³/mol. The smallest absolute Gasteiger partial charge is 0.255 e. The Morgan fingerprint density at radius 3 is 2.33 bits per heavy atom. The second-order valence-corrected chi connectivity index (χ2v) is 6.44. The second-order valence-electron chi connectivity index (χ2n) is 6.44. The molecule has 5 nitrogen and oxygen atoms in total. The Kier molecular flexibility index (Phi) is 4.12. The number of nitrogens with one attached hydrogen (secondary N) is 2. The standard InChI is InChI=1S/C22H20N4O/c1-2-26-19-6-4-3-5-17(19)18-12-11-16(13-20(18)26)25-22(27)15-9-7-14(8-10-15)21(23)24/h3-13H,2H2,1H3,(H3,23,24)(H,25,27). The van der Waals surface area contributed by atoms with Crippen LogP contribution in [0.15, 0.2) is 66.7 Å². The molecule has 1 heterocycles. The molecule has 0 aliphatic heterocycles. The molecular weight excluding hydrogens is 336 g/mol. The monoisotopic (exact) mass is 356 g/mol. The molecule has 4 aromatic rings. The normalized spacial score (nSPS) is 11.0. The molecule has 134 valence electrons. The molecule has 0 saturated carbocycles. The molecule has 3 aromatic carbocycles. The maximum atomic E-state index is 12.6. The number of aromatic nitrogens is 1. The lowest BCUT2D eigenvalue weighted by molar-refractivity contribution is 0.102. The zero-order chi connectivity index (χ0) is 19.0. The minimum absolute atomic E-state index is 0.0141. The fourth-order valence-electron chi connectivity index (χ4n) is 3.47. The van der Waals surface area contributed by atoms with Crippen molar-refractivity contribution < 1.29 is 4.79 Å². The van der Waals surface area contributed by atoms with Crippen molar-refractivity contribution in [2.45, 2.75) is 13.5 Å². The van der Waals surface area contributed by atoms with Gasteiger partial charge in [-0.25, -0.2) is 0 Å². The van der Waals surface area contributed by atoms with Crippen LogP contribution in [-0.2, 0) is 6.54 Å². The van der Waals surface area contributed by atoms with Crippen LogP contribution in [0, 0.1) is 5.41 Å². The van der Waals surface area contributed by atoms with E-state index in [9.17, 15) is 4.79 Å². The molecule has 0 bridgehead atoms. The van der Waals surface area contributed by atoms with Crippen LogP contribution < -0.4 is 11.1 Å². The Morgan fingerprint density at radius 2 is 1.63 bits per heavy atom. The fourth-order valence-corrected chi connectivity index (χ4v) is 3.47. The molecule has 1 aromatic heterocycles. The van der Waals surface area contributed by atoms with Gasteiger partial charge in [-0.15, -0.1) is 0 Å². The topological polar surface area (TPSA) is 83.9 Å². The predicted octanol–water partition coefficient (Wildman–Crippen LogP) is 4.35. The van der Waals surface area contributed by atoms with Gasteiger partial charge in [0.15, 0.2) is 0 Å². The van der Waals surface area contributed by atoms with Gasteiger partial charge in [-0.2, -0.15) is 0 Å². The van der Waals surface area contributed by atoms with Crippen LogP contribution >= 0.6 is 0 Å². The molecule has 0 fully saturated rings. The van der Waals surface area contributed by atoms with E-state index in [0.29, 0.717) is 11.1 Å². The van der Waals surface area contributed by atoms with Gasteiger partial charge in [-0.3, -0.25) is 10.2 Å². The summed E-state index contributed by atoms with van der Waals surface area (Å²) in [5, 5.41) is 12.8. The number of amides is 1. The summed E-state index contributed by atoms with van der Waals surface area (Å²) in [6.45, 7) is 2.97. The SMILES string of the molecule is CCn1c2ccccc2c2ccc(NC(=O)c3ccc(C(=N)N)cc3)cc21. The molecule has 0 aliphatic rings. The fraction of sp³-hybridized carbons (Fsp3) is 0.0909. The third kappa shape index (κ3) is 2.93. The summed E-state index contributed by atoms with van der Waals surface area (Å²) >= 11 is 0. The van der Waals surface area contributed by atoms with E-state index in [4.69, 9.17) is 11.1 Å². The minimum atomic E-state index is -0.191. The summed E-state index contributed by atoms with van der Waals surface area (Å²) in [7, 11) is 0. The number of para-hydroxylation sites is 1. The van der Waals surface area contributed by atoms with Crippen LogP contribution in [0.2, 0.25) is 0 Å². The number of amidine groups is 1. The first-order valence-corrected chi connectivity index (χ1v) is 8.85. The van der Waals surface area contributed by atoms with Crippen LogP contribution in [0.25, 0.3) is 21.8 Å². The molecular formula is C22H20N4O. The van der Waals surface area contributed by atoms with Crippen LogP contribution in [-0.4, -0.2) is 16.3 Å². The van der Waals surface area contributed by atoms with Gasteiger partial charge in [0.2, 0.25) is 0 Å². The highest BCUT2D eigenvalue weighted by Gasteiger charge is 2.11. The second kappa shape index (κ2) is 6.61. The summed E-state index contributed by atoms with van der Waals surface area (Å²) < 4.78 is 2.25. The first kappa shape index (κ1) is 16.8. The highest BCUT2D eigenvalue weighted by Crippen LogP contribution is 2.30. The summed E-state index contributed by atoms with van der Waals surface area (Å²) in [6.07, 6.45) is 0. The number of nitrogens with zero attached hydrogens (tertiary/aromatic N) is 1. The van der Waals surface area contributed by atoms with Crippen molar-refractivity contribution in [2.24, 2.45) is 5.73 Å². The molecule has 1 amide bonds. The zero-order valence-corrected chi connectivity index (χ0v) is 15.0. The van der Waals surface area contributed by atoms with E-state index in [-0.39, 0.29) is 11.7 Å². The Hall–Kier alpha value is -3.60. The molecule has 4 rings (SSSR count). The zero-order valence-electron chi connectivity index (χ0n) is 15.0. The minimum Gasteiger partial charge on any atom is -0.384 e. The van der Waals surface area contributed by atoms with Crippen LogP contribution in [0.4, 0.5) is 5.69 Å². The number of hydrogen-bond acceptors (Lipinski definition) is 2. The van der Waals surface area contributed by atoms with Crippen LogP contribution in [0.5, 0.6) is 0 Å². The lowest BCUT2D eigenvalue weighted by Gasteiger charge is -2.08. The van der Waals surface area contributed by atoms with Crippen molar-refractivity contribution in [3.63, 3.8) is 0 Å². The largest absolute Gasteiger partial charge is 0.384 e. The van der Waals surface area contributed by atoms with Crippen molar-refractivity contribution in [1.82, 2.24) is 4.57 Å². The summed E-state index contributed by atoms with van der Waals surface area (Å²) in [5.74, 6) is -0.205. The number of anilines is 1. The van der Waals surface area contributed by atoms with Crippen LogP contribution in [0.3, 0.4) is 0 Å². The van der Waals surface area contributed by atoms with Gasteiger partial charge < -0.3 is 15.6 Å². The lowest BCUT2D eigenvalue weighted by atomic mass is 10.1. The summed E-state index contributed by atoms with van der Waals surface area (Å²) in [6, 6.07) is 21.0. The number of benzene rings is 3. The van der Waals surface area contributed by atoms with Gasteiger partial charge in [0, 0.05) is 39.6 Å². The Morgan fingerprint density at radius 1 is 0.963 bits per heavy atom. The highest BCUT2D eigenvalue weighted by molar-refractivity contribution is 6.10. The average Bonchev–Trinajstić information content (AvgIpc) is 3.01. The molecule has 0 aliphatic carbocycles. The van der Waals surface area contributed by atoms with Crippen molar-refractivity contribution in [3.8, 4) is 0 Å². The molecule has 0 radical (unpaired) electrons. The average molecular weight is 356 g/mol. The van der Waals surface area contributed by atoms with Gasteiger partial charge in [-0.05, 0) is 37.3 Å². The first-order valence-electron chi connectivity index (χ1n) is 8.85. The van der Waals surface area contributed by atoms with E-state index in [1.807, 2.05) is 24.3 Å². The third-order valence-corrected chi connectivity index (χ3v) is 4.81. The van der Waals surface area contributed by atoms with Gasteiger partial charge in [0.25, 0.3) is 5.91 Å². The van der Waals surface area contributed by atoms with E-state index >= 15 is 0 Å². The number of nitrogen functional groups attached to an aromatic ring is 1. The van der Waals surface area contributed by atoms with E-state index in [1.165, 1.54) is 16.3 Å². The highest BCUT2D eigenvalue weighted by atomic mass is 16.1. The van der Waals surface area contributed by atoms with Gasteiger partial charge in [0.1, 0.15) is 5.84 Å². The number of hydrogen-bond donors (Lipinski definition) is 3. The van der Waals surface area contributed by atoms with E-state index in [2.05, 4.69) is 35.0 Å². The molecule has 0 saturated heterocycles. The molecule has 27 heavy (non-hydrogen) atoms. The van der Waals surface area contributed by atoms with Crippen molar-refractivity contribution in [3.05, 3.63) is 77.9 Å². The maximum Gasteiger partial charge on any atom is 0.255 e. The lowest BCUT2D eigenvalue weighted by Crippen LogP contribution is -2.14. The molecule has 0 unspecified atom stereocenters. The molecule has 4 N–H and O–H groups in total. The van der Waals surface area contributed by atoms with Crippen molar-refractivity contribution in [1.29, 1.82) is 5.41 Å².